The fraction of sp³-hybridized carbons (Fsp3) is 0.435. The molecule has 1 aliphatic rings. The normalized spacial score (nSPS) is 14.5. The van der Waals surface area contributed by atoms with Gasteiger partial charge in [-0.15, -0.1) is 0 Å². The molecular weight excluding hydrogens is 376 g/mol. The van der Waals surface area contributed by atoms with E-state index in [9.17, 15) is 13.6 Å². The first-order valence-corrected chi connectivity index (χ1v) is 9.82. The minimum absolute atomic E-state index is 0.0569. The Morgan fingerprint density at radius 2 is 1.93 bits per heavy atom. The number of amides is 1. The highest BCUT2D eigenvalue weighted by Crippen LogP contribution is 2.32. The van der Waals surface area contributed by atoms with Gasteiger partial charge >= 0.3 is 6.09 Å². The van der Waals surface area contributed by atoms with Crippen LogP contribution in [0.3, 0.4) is 0 Å². The van der Waals surface area contributed by atoms with Gasteiger partial charge in [-0.1, -0.05) is 13.0 Å². The topological polar surface area (TPSA) is 38.8 Å². The highest BCUT2D eigenvalue weighted by molar-refractivity contribution is 5.90. The molecular formula is C23H27F2NO3. The second kappa shape index (κ2) is 8.39. The molecule has 1 unspecified atom stereocenters. The number of benzene rings is 2. The molecule has 0 aliphatic carbocycles. The average Bonchev–Trinajstić information content (AvgIpc) is 3.04. The number of carbonyl (C=O) groups excluding carboxylic acids is 1. The summed E-state index contributed by atoms with van der Waals surface area (Å²) in [5, 5.41) is 0. The van der Waals surface area contributed by atoms with Crippen LogP contribution in [-0.4, -0.2) is 24.8 Å². The van der Waals surface area contributed by atoms with Gasteiger partial charge in [-0.25, -0.2) is 13.6 Å². The molecule has 1 aliphatic heterocycles. The summed E-state index contributed by atoms with van der Waals surface area (Å²) < 4.78 is 38.2. The highest BCUT2D eigenvalue weighted by Gasteiger charge is 2.29. The lowest BCUT2D eigenvalue weighted by Crippen LogP contribution is -2.35. The zero-order valence-electron chi connectivity index (χ0n) is 17.3. The fourth-order valence-corrected chi connectivity index (χ4v) is 3.33. The monoisotopic (exact) mass is 403 g/mol. The molecule has 0 spiro atoms. The molecule has 0 aromatic heterocycles. The zero-order valence-corrected chi connectivity index (χ0v) is 17.3. The van der Waals surface area contributed by atoms with E-state index in [0.717, 1.165) is 23.7 Å². The number of halogens is 2. The van der Waals surface area contributed by atoms with Crippen molar-refractivity contribution in [3.63, 3.8) is 0 Å². The average molecular weight is 403 g/mol. The van der Waals surface area contributed by atoms with Crippen LogP contribution in [0.4, 0.5) is 19.3 Å². The molecule has 0 saturated carbocycles. The van der Waals surface area contributed by atoms with Crippen LogP contribution in [0, 0.1) is 17.6 Å². The summed E-state index contributed by atoms with van der Waals surface area (Å²) in [6.45, 7) is 8.48. The molecule has 2 aromatic carbocycles. The second-order valence-electron chi connectivity index (χ2n) is 8.53. The van der Waals surface area contributed by atoms with Crippen LogP contribution in [0.1, 0.15) is 38.8 Å². The van der Waals surface area contributed by atoms with Gasteiger partial charge in [0.15, 0.2) is 0 Å². The fourth-order valence-electron chi connectivity index (χ4n) is 3.33. The molecule has 1 amide bonds. The van der Waals surface area contributed by atoms with E-state index >= 15 is 0 Å². The molecule has 1 heterocycles. The van der Waals surface area contributed by atoms with Crippen molar-refractivity contribution < 1.29 is 23.0 Å². The number of rotatable bonds is 5. The van der Waals surface area contributed by atoms with E-state index in [2.05, 4.69) is 0 Å². The van der Waals surface area contributed by atoms with Crippen LogP contribution < -0.4 is 9.64 Å². The number of carbonyl (C=O) groups is 1. The van der Waals surface area contributed by atoms with E-state index in [0.29, 0.717) is 30.9 Å². The van der Waals surface area contributed by atoms with E-state index < -0.39 is 17.2 Å². The molecule has 29 heavy (non-hydrogen) atoms. The van der Waals surface area contributed by atoms with Crippen molar-refractivity contribution in [3.05, 3.63) is 59.2 Å². The SMILES string of the molecule is CC(COc1ccc2c(c1)CCN2C(=O)OC(C)(C)C)Cc1ccc(F)cc1F. The maximum atomic E-state index is 13.8. The first-order valence-electron chi connectivity index (χ1n) is 9.82. The molecule has 3 rings (SSSR count). The lowest BCUT2D eigenvalue weighted by atomic mass is 10.0. The summed E-state index contributed by atoms with van der Waals surface area (Å²) in [7, 11) is 0. The van der Waals surface area contributed by atoms with E-state index in [-0.39, 0.29) is 12.0 Å². The molecule has 156 valence electrons. The van der Waals surface area contributed by atoms with Crippen molar-refractivity contribution in [2.24, 2.45) is 5.92 Å². The van der Waals surface area contributed by atoms with E-state index in [1.165, 1.54) is 12.1 Å². The van der Waals surface area contributed by atoms with Crippen molar-refractivity contribution >= 4 is 11.8 Å². The van der Waals surface area contributed by atoms with Crippen molar-refractivity contribution in [2.45, 2.75) is 46.1 Å². The van der Waals surface area contributed by atoms with Gasteiger partial charge in [-0.05, 0) is 74.9 Å². The van der Waals surface area contributed by atoms with Gasteiger partial charge in [0.2, 0.25) is 0 Å². The predicted molar refractivity (Wildman–Crippen MR) is 108 cm³/mol. The van der Waals surface area contributed by atoms with Crippen molar-refractivity contribution in [3.8, 4) is 5.75 Å². The summed E-state index contributed by atoms with van der Waals surface area (Å²) in [6, 6.07) is 9.27. The van der Waals surface area contributed by atoms with Crippen molar-refractivity contribution in [1.29, 1.82) is 0 Å². The highest BCUT2D eigenvalue weighted by atomic mass is 19.1. The maximum absolute atomic E-state index is 13.8. The minimum atomic E-state index is -0.575. The number of fused-ring (bicyclic) bond motifs is 1. The molecule has 0 radical (unpaired) electrons. The lowest BCUT2D eigenvalue weighted by molar-refractivity contribution is 0.0584. The Morgan fingerprint density at radius 3 is 2.62 bits per heavy atom. The van der Waals surface area contributed by atoms with Gasteiger partial charge in [-0.3, -0.25) is 4.90 Å². The van der Waals surface area contributed by atoms with Gasteiger partial charge < -0.3 is 9.47 Å². The quantitative estimate of drug-likeness (QED) is 0.660. The largest absolute Gasteiger partial charge is 0.493 e. The summed E-state index contributed by atoms with van der Waals surface area (Å²) in [6.07, 6.45) is 0.853. The van der Waals surface area contributed by atoms with Crippen LogP contribution in [0.2, 0.25) is 0 Å². The minimum Gasteiger partial charge on any atom is -0.493 e. The zero-order chi connectivity index (χ0) is 21.2. The Bertz CT molecular complexity index is 892. The molecule has 6 heteroatoms. The summed E-state index contributed by atoms with van der Waals surface area (Å²) in [5.74, 6) is -0.340. The van der Waals surface area contributed by atoms with Crippen LogP contribution in [-0.2, 0) is 17.6 Å². The van der Waals surface area contributed by atoms with Gasteiger partial charge in [0.05, 0.1) is 12.3 Å². The Morgan fingerprint density at radius 1 is 1.17 bits per heavy atom. The van der Waals surface area contributed by atoms with Gasteiger partial charge in [0, 0.05) is 12.6 Å². The van der Waals surface area contributed by atoms with E-state index in [1.54, 1.807) is 4.90 Å². The molecule has 0 bridgehead atoms. The van der Waals surface area contributed by atoms with Crippen molar-refractivity contribution in [1.82, 2.24) is 0 Å². The van der Waals surface area contributed by atoms with Gasteiger partial charge in [0.1, 0.15) is 23.0 Å². The number of ether oxygens (including phenoxy) is 2. The lowest BCUT2D eigenvalue weighted by Gasteiger charge is -2.24. The molecule has 2 aromatic rings. The number of hydrogen-bond donors (Lipinski definition) is 0. The number of hydrogen-bond acceptors (Lipinski definition) is 3. The predicted octanol–water partition coefficient (Wildman–Crippen LogP) is 5.52. The first kappa shape index (κ1) is 21.1. The van der Waals surface area contributed by atoms with Crippen LogP contribution in [0.25, 0.3) is 0 Å². The summed E-state index contributed by atoms with van der Waals surface area (Å²) >= 11 is 0. The Hall–Kier alpha value is -2.63. The van der Waals surface area contributed by atoms with Crippen LogP contribution in [0.5, 0.6) is 5.75 Å². The third kappa shape index (κ3) is 5.46. The first-order chi connectivity index (χ1) is 13.6. The van der Waals surface area contributed by atoms with Crippen molar-refractivity contribution in [2.75, 3.05) is 18.1 Å². The molecule has 0 N–H and O–H groups in total. The number of anilines is 1. The Labute approximate surface area is 170 Å². The standard InChI is InChI=1S/C23H27F2NO3/c1-15(11-16-5-6-18(24)13-20(16)25)14-28-19-7-8-21-17(12-19)9-10-26(21)22(27)29-23(2,3)4/h5-8,12-13,15H,9-11,14H2,1-4H3. The summed E-state index contributed by atoms with van der Waals surface area (Å²) in [5.41, 5.74) is 1.81. The Balaban J connectivity index is 1.59. The second-order valence-corrected chi connectivity index (χ2v) is 8.53. The van der Waals surface area contributed by atoms with E-state index in [1.807, 2.05) is 45.9 Å². The molecule has 4 nitrogen and oxygen atoms in total. The van der Waals surface area contributed by atoms with Gasteiger partial charge in [-0.2, -0.15) is 0 Å². The Kier molecular flexibility index (Phi) is 6.10. The smallest absolute Gasteiger partial charge is 0.414 e. The van der Waals surface area contributed by atoms with Crippen LogP contribution in [0.15, 0.2) is 36.4 Å². The molecule has 0 fully saturated rings. The summed E-state index contributed by atoms with van der Waals surface area (Å²) in [4.78, 5) is 14.0. The third-order valence-electron chi connectivity index (χ3n) is 4.68. The maximum Gasteiger partial charge on any atom is 0.414 e. The van der Waals surface area contributed by atoms with Crippen LogP contribution >= 0.6 is 0 Å². The van der Waals surface area contributed by atoms with Gasteiger partial charge in [0.25, 0.3) is 0 Å². The molecule has 0 saturated heterocycles. The third-order valence-corrected chi connectivity index (χ3v) is 4.68. The number of nitrogens with zero attached hydrogens (tertiary/aromatic N) is 1. The van der Waals surface area contributed by atoms with E-state index in [4.69, 9.17) is 9.47 Å². The molecule has 1 atom stereocenters.